The van der Waals surface area contributed by atoms with E-state index in [0.717, 1.165) is 61.9 Å². The van der Waals surface area contributed by atoms with Crippen molar-refractivity contribution < 1.29 is 9.53 Å². The van der Waals surface area contributed by atoms with Gasteiger partial charge in [-0.3, -0.25) is 4.79 Å². The molecule has 1 aromatic carbocycles. The SMILES string of the molecule is CCC(=O)N1CCN(c2nc(C(C)CC)nc(COC)c2Cc2cccc(C)c2)CC1. The Morgan fingerprint density at radius 2 is 1.90 bits per heavy atom. The van der Waals surface area contributed by atoms with Gasteiger partial charge in [0.25, 0.3) is 0 Å². The van der Waals surface area contributed by atoms with Crippen molar-refractivity contribution in [3.63, 3.8) is 0 Å². The molecular weight excluding hydrogens is 388 g/mol. The van der Waals surface area contributed by atoms with Gasteiger partial charge in [0.2, 0.25) is 5.91 Å². The predicted molar refractivity (Wildman–Crippen MR) is 125 cm³/mol. The van der Waals surface area contributed by atoms with Gasteiger partial charge in [-0.05, 0) is 18.9 Å². The Bertz CT molecular complexity index is 891. The third kappa shape index (κ3) is 5.62. The average molecular weight is 425 g/mol. The van der Waals surface area contributed by atoms with Crippen molar-refractivity contribution in [3.8, 4) is 0 Å². The van der Waals surface area contributed by atoms with E-state index in [1.807, 2.05) is 11.8 Å². The molecule has 0 saturated carbocycles. The summed E-state index contributed by atoms with van der Waals surface area (Å²) in [6.45, 7) is 11.9. The van der Waals surface area contributed by atoms with E-state index < -0.39 is 0 Å². The molecule has 1 aromatic heterocycles. The Morgan fingerprint density at radius 1 is 1.16 bits per heavy atom. The Morgan fingerprint density at radius 3 is 2.52 bits per heavy atom. The number of carbonyl (C=O) groups is 1. The van der Waals surface area contributed by atoms with E-state index in [1.165, 1.54) is 11.1 Å². The second kappa shape index (κ2) is 10.7. The third-order valence-corrected chi connectivity index (χ3v) is 6.12. The summed E-state index contributed by atoms with van der Waals surface area (Å²) in [5, 5.41) is 0. The zero-order chi connectivity index (χ0) is 22.4. The number of carbonyl (C=O) groups excluding carboxylic acids is 1. The topological polar surface area (TPSA) is 58.6 Å². The lowest BCUT2D eigenvalue weighted by Gasteiger charge is -2.36. The third-order valence-electron chi connectivity index (χ3n) is 6.12. The molecular formula is C25H36N4O2. The van der Waals surface area contributed by atoms with Gasteiger partial charge in [-0.15, -0.1) is 0 Å². The lowest BCUT2D eigenvalue weighted by Crippen LogP contribution is -2.49. The van der Waals surface area contributed by atoms with Crippen LogP contribution >= 0.6 is 0 Å². The summed E-state index contributed by atoms with van der Waals surface area (Å²) in [6, 6.07) is 8.60. The molecule has 0 aliphatic carbocycles. The quantitative estimate of drug-likeness (QED) is 0.639. The molecule has 1 amide bonds. The lowest BCUT2D eigenvalue weighted by molar-refractivity contribution is -0.131. The van der Waals surface area contributed by atoms with E-state index >= 15 is 0 Å². The van der Waals surface area contributed by atoms with Gasteiger partial charge in [0.1, 0.15) is 11.6 Å². The fourth-order valence-electron chi connectivity index (χ4n) is 4.06. The van der Waals surface area contributed by atoms with Crippen molar-refractivity contribution in [2.45, 2.75) is 59.5 Å². The van der Waals surface area contributed by atoms with Crippen LogP contribution in [0.2, 0.25) is 0 Å². The number of aromatic nitrogens is 2. The van der Waals surface area contributed by atoms with Gasteiger partial charge < -0.3 is 14.5 Å². The van der Waals surface area contributed by atoms with Crippen molar-refractivity contribution in [2.24, 2.45) is 0 Å². The first-order chi connectivity index (χ1) is 15.0. The highest BCUT2D eigenvalue weighted by Gasteiger charge is 2.26. The van der Waals surface area contributed by atoms with E-state index in [1.54, 1.807) is 7.11 Å². The van der Waals surface area contributed by atoms with Crippen LogP contribution in [-0.2, 0) is 22.6 Å². The number of amides is 1. The molecule has 1 fully saturated rings. The highest BCUT2D eigenvalue weighted by Crippen LogP contribution is 2.29. The number of piperazine rings is 1. The number of benzene rings is 1. The van der Waals surface area contributed by atoms with Crippen molar-refractivity contribution in [3.05, 3.63) is 52.5 Å². The van der Waals surface area contributed by atoms with Crippen molar-refractivity contribution in [1.82, 2.24) is 14.9 Å². The molecule has 1 saturated heterocycles. The molecule has 2 heterocycles. The largest absolute Gasteiger partial charge is 0.378 e. The van der Waals surface area contributed by atoms with Gasteiger partial charge in [0.05, 0.1) is 12.3 Å². The number of anilines is 1. The highest BCUT2D eigenvalue weighted by atomic mass is 16.5. The first-order valence-corrected chi connectivity index (χ1v) is 11.4. The van der Waals surface area contributed by atoms with Crippen molar-refractivity contribution >= 4 is 11.7 Å². The smallest absolute Gasteiger partial charge is 0.222 e. The number of rotatable bonds is 8. The Hall–Kier alpha value is -2.47. The number of ether oxygens (including phenoxy) is 1. The Labute approximate surface area is 186 Å². The second-order valence-electron chi connectivity index (χ2n) is 8.46. The van der Waals surface area contributed by atoms with Gasteiger partial charge in [-0.2, -0.15) is 0 Å². The highest BCUT2D eigenvalue weighted by molar-refractivity contribution is 5.76. The summed E-state index contributed by atoms with van der Waals surface area (Å²) in [4.78, 5) is 26.4. The van der Waals surface area contributed by atoms with Crippen LogP contribution in [0.5, 0.6) is 0 Å². The standard InChI is InChI=1S/C25H36N4O2/c1-6-19(4)24-26-22(17-31-5)21(16-20-10-8-9-18(3)15-20)25(27-24)29-13-11-28(12-14-29)23(30)7-2/h8-10,15,19H,6-7,11-14,16-17H2,1-5H3. The fraction of sp³-hybridized carbons (Fsp3) is 0.560. The van der Waals surface area contributed by atoms with E-state index in [2.05, 4.69) is 49.9 Å². The maximum absolute atomic E-state index is 12.1. The minimum atomic E-state index is 0.225. The Balaban J connectivity index is 2.01. The number of nitrogens with zero attached hydrogens (tertiary/aromatic N) is 4. The van der Waals surface area contributed by atoms with Gasteiger partial charge in [0.15, 0.2) is 0 Å². The fourth-order valence-corrected chi connectivity index (χ4v) is 4.06. The van der Waals surface area contributed by atoms with Crippen molar-refractivity contribution in [2.75, 3.05) is 38.2 Å². The first-order valence-electron chi connectivity index (χ1n) is 11.4. The molecule has 1 aliphatic rings. The van der Waals surface area contributed by atoms with Crippen molar-refractivity contribution in [1.29, 1.82) is 0 Å². The molecule has 1 unspecified atom stereocenters. The van der Waals surface area contributed by atoms with Crippen LogP contribution in [0.25, 0.3) is 0 Å². The number of hydrogen-bond donors (Lipinski definition) is 0. The lowest BCUT2D eigenvalue weighted by atomic mass is 10.0. The predicted octanol–water partition coefficient (Wildman–Crippen LogP) is 4.09. The maximum atomic E-state index is 12.1. The number of hydrogen-bond acceptors (Lipinski definition) is 5. The molecule has 1 aliphatic heterocycles. The summed E-state index contributed by atoms with van der Waals surface area (Å²) < 4.78 is 5.54. The number of aryl methyl sites for hydroxylation is 1. The van der Waals surface area contributed by atoms with Crippen LogP contribution in [0.4, 0.5) is 5.82 Å². The summed E-state index contributed by atoms with van der Waals surface area (Å²) >= 11 is 0. The summed E-state index contributed by atoms with van der Waals surface area (Å²) in [5.41, 5.74) is 4.60. The average Bonchev–Trinajstić information content (AvgIpc) is 2.79. The van der Waals surface area contributed by atoms with Crippen LogP contribution < -0.4 is 4.90 Å². The van der Waals surface area contributed by atoms with Gasteiger partial charge in [-0.1, -0.05) is 50.6 Å². The Kier molecular flexibility index (Phi) is 8.02. The molecule has 6 nitrogen and oxygen atoms in total. The van der Waals surface area contributed by atoms with E-state index in [-0.39, 0.29) is 11.8 Å². The summed E-state index contributed by atoms with van der Waals surface area (Å²) in [7, 11) is 1.72. The molecule has 0 spiro atoms. The van der Waals surface area contributed by atoms with E-state index in [0.29, 0.717) is 13.0 Å². The normalized spacial score (nSPS) is 15.3. The molecule has 6 heteroatoms. The first kappa shape index (κ1) is 23.2. The van der Waals surface area contributed by atoms with E-state index in [4.69, 9.17) is 14.7 Å². The van der Waals surface area contributed by atoms with Crippen LogP contribution in [0.15, 0.2) is 24.3 Å². The van der Waals surface area contributed by atoms with Crippen LogP contribution in [0, 0.1) is 6.92 Å². The zero-order valence-corrected chi connectivity index (χ0v) is 19.6. The molecule has 0 radical (unpaired) electrons. The molecule has 2 aromatic rings. The van der Waals surface area contributed by atoms with Gasteiger partial charge in [0, 0.05) is 57.6 Å². The second-order valence-corrected chi connectivity index (χ2v) is 8.46. The molecule has 1 atom stereocenters. The molecule has 3 rings (SSSR count). The zero-order valence-electron chi connectivity index (χ0n) is 19.6. The van der Waals surface area contributed by atoms with Gasteiger partial charge in [-0.25, -0.2) is 9.97 Å². The number of methoxy groups -OCH3 is 1. The monoisotopic (exact) mass is 424 g/mol. The summed E-state index contributed by atoms with van der Waals surface area (Å²) in [5.74, 6) is 2.39. The van der Waals surface area contributed by atoms with Crippen LogP contribution in [0.1, 0.15) is 67.7 Å². The van der Waals surface area contributed by atoms with E-state index in [9.17, 15) is 4.79 Å². The molecule has 31 heavy (non-hydrogen) atoms. The van der Waals surface area contributed by atoms with Gasteiger partial charge >= 0.3 is 0 Å². The summed E-state index contributed by atoms with van der Waals surface area (Å²) in [6.07, 6.45) is 2.31. The maximum Gasteiger partial charge on any atom is 0.222 e. The van der Waals surface area contributed by atoms with Crippen LogP contribution in [0.3, 0.4) is 0 Å². The molecule has 0 N–H and O–H groups in total. The molecule has 168 valence electrons. The minimum absolute atomic E-state index is 0.225. The molecule has 0 bridgehead atoms. The van der Waals surface area contributed by atoms with Crippen LogP contribution in [-0.4, -0.2) is 54.1 Å². The minimum Gasteiger partial charge on any atom is -0.378 e.